The number of benzene rings is 1. The van der Waals surface area contributed by atoms with Gasteiger partial charge in [0.15, 0.2) is 0 Å². The van der Waals surface area contributed by atoms with Gasteiger partial charge in [-0.15, -0.1) is 0 Å². The SMILES string of the molecule is COc1ccccc1[C@@H](CO)N(C)C. The Morgan fingerprint density at radius 2 is 2.00 bits per heavy atom. The van der Waals surface area contributed by atoms with E-state index in [2.05, 4.69) is 0 Å². The van der Waals surface area contributed by atoms with Crippen molar-refractivity contribution in [2.45, 2.75) is 6.04 Å². The molecule has 0 heterocycles. The van der Waals surface area contributed by atoms with Crippen LogP contribution in [0.3, 0.4) is 0 Å². The van der Waals surface area contributed by atoms with E-state index in [0.717, 1.165) is 11.3 Å². The van der Waals surface area contributed by atoms with Gasteiger partial charge in [0.2, 0.25) is 0 Å². The normalized spacial score (nSPS) is 12.9. The predicted octanol–water partition coefficient (Wildman–Crippen LogP) is 1.29. The molecule has 0 unspecified atom stereocenters. The molecule has 0 aliphatic rings. The molecule has 0 aromatic heterocycles. The Labute approximate surface area is 84.9 Å². The van der Waals surface area contributed by atoms with E-state index in [-0.39, 0.29) is 12.6 Å². The standard InChI is InChI=1S/C11H17NO2/c1-12(2)10(8-13)9-6-4-5-7-11(9)14-3/h4-7,10,13H,8H2,1-3H3/t10-/m1/s1. The molecule has 14 heavy (non-hydrogen) atoms. The van der Waals surface area contributed by atoms with Crippen LogP contribution in [-0.2, 0) is 0 Å². The van der Waals surface area contributed by atoms with Crippen molar-refractivity contribution in [3.05, 3.63) is 29.8 Å². The zero-order valence-corrected chi connectivity index (χ0v) is 8.90. The zero-order chi connectivity index (χ0) is 10.6. The van der Waals surface area contributed by atoms with Crippen LogP contribution in [0.5, 0.6) is 5.75 Å². The molecule has 1 aromatic carbocycles. The van der Waals surface area contributed by atoms with Gasteiger partial charge >= 0.3 is 0 Å². The highest BCUT2D eigenvalue weighted by Crippen LogP contribution is 2.27. The summed E-state index contributed by atoms with van der Waals surface area (Å²) in [7, 11) is 5.52. The van der Waals surface area contributed by atoms with Gasteiger partial charge in [-0.2, -0.15) is 0 Å². The molecule has 3 heteroatoms. The molecule has 0 bridgehead atoms. The van der Waals surface area contributed by atoms with Crippen molar-refractivity contribution in [3.8, 4) is 5.75 Å². The highest BCUT2D eigenvalue weighted by Gasteiger charge is 2.16. The highest BCUT2D eigenvalue weighted by atomic mass is 16.5. The summed E-state index contributed by atoms with van der Waals surface area (Å²) < 4.78 is 5.24. The monoisotopic (exact) mass is 195 g/mol. The molecule has 1 N–H and O–H groups in total. The maximum absolute atomic E-state index is 9.27. The Hall–Kier alpha value is -1.06. The fourth-order valence-corrected chi connectivity index (χ4v) is 1.48. The van der Waals surface area contributed by atoms with Crippen LogP contribution in [0.25, 0.3) is 0 Å². The number of aliphatic hydroxyl groups is 1. The van der Waals surface area contributed by atoms with E-state index in [1.165, 1.54) is 0 Å². The van der Waals surface area contributed by atoms with Crippen LogP contribution < -0.4 is 4.74 Å². The van der Waals surface area contributed by atoms with E-state index in [1.807, 2.05) is 43.3 Å². The summed E-state index contributed by atoms with van der Waals surface area (Å²) in [6, 6.07) is 7.74. The molecule has 0 saturated heterocycles. The summed E-state index contributed by atoms with van der Waals surface area (Å²) in [6.45, 7) is 0.0906. The molecular weight excluding hydrogens is 178 g/mol. The first-order valence-corrected chi connectivity index (χ1v) is 4.61. The number of hydrogen-bond acceptors (Lipinski definition) is 3. The van der Waals surface area contributed by atoms with E-state index < -0.39 is 0 Å². The first-order chi connectivity index (χ1) is 6.70. The first-order valence-electron chi connectivity index (χ1n) is 4.61. The Morgan fingerprint density at radius 1 is 1.36 bits per heavy atom. The van der Waals surface area contributed by atoms with Gasteiger partial charge < -0.3 is 14.7 Å². The molecule has 1 atom stereocenters. The summed E-state index contributed by atoms with van der Waals surface area (Å²) in [6.07, 6.45) is 0. The molecule has 78 valence electrons. The van der Waals surface area contributed by atoms with E-state index >= 15 is 0 Å². The lowest BCUT2D eigenvalue weighted by Crippen LogP contribution is -2.23. The fourth-order valence-electron chi connectivity index (χ4n) is 1.48. The second-order valence-corrected chi connectivity index (χ2v) is 3.40. The van der Waals surface area contributed by atoms with Crippen LogP contribution in [0.4, 0.5) is 0 Å². The van der Waals surface area contributed by atoms with Crippen LogP contribution in [0.15, 0.2) is 24.3 Å². The summed E-state index contributed by atoms with van der Waals surface area (Å²) in [5.41, 5.74) is 1.02. The van der Waals surface area contributed by atoms with E-state index in [4.69, 9.17) is 4.74 Å². The van der Waals surface area contributed by atoms with Crippen LogP contribution in [-0.4, -0.2) is 37.8 Å². The quantitative estimate of drug-likeness (QED) is 0.785. The molecule has 3 nitrogen and oxygen atoms in total. The summed E-state index contributed by atoms with van der Waals surface area (Å²) in [5, 5.41) is 9.27. The summed E-state index contributed by atoms with van der Waals surface area (Å²) >= 11 is 0. The molecule has 0 radical (unpaired) electrons. The van der Waals surface area contributed by atoms with Gasteiger partial charge in [-0.3, -0.25) is 0 Å². The second-order valence-electron chi connectivity index (χ2n) is 3.40. The van der Waals surface area contributed by atoms with Crippen LogP contribution >= 0.6 is 0 Å². The Kier molecular flexibility index (Phi) is 3.92. The molecule has 0 amide bonds. The number of para-hydroxylation sites is 1. The number of methoxy groups -OCH3 is 1. The van der Waals surface area contributed by atoms with Crippen molar-refractivity contribution in [3.63, 3.8) is 0 Å². The van der Waals surface area contributed by atoms with Crippen LogP contribution in [0, 0.1) is 0 Å². The van der Waals surface area contributed by atoms with Crippen LogP contribution in [0.2, 0.25) is 0 Å². The van der Waals surface area contributed by atoms with Crippen molar-refractivity contribution in [2.24, 2.45) is 0 Å². The molecule has 0 aliphatic heterocycles. The van der Waals surface area contributed by atoms with Crippen molar-refractivity contribution >= 4 is 0 Å². The number of rotatable bonds is 4. The lowest BCUT2D eigenvalue weighted by Gasteiger charge is -2.24. The van der Waals surface area contributed by atoms with Gasteiger partial charge in [0.25, 0.3) is 0 Å². The van der Waals surface area contributed by atoms with E-state index in [9.17, 15) is 5.11 Å². The highest BCUT2D eigenvalue weighted by molar-refractivity contribution is 5.35. The minimum atomic E-state index is -0.00819. The molecule has 0 spiro atoms. The molecule has 1 rings (SSSR count). The van der Waals surface area contributed by atoms with Gasteiger partial charge in [0, 0.05) is 5.56 Å². The Morgan fingerprint density at radius 3 is 2.50 bits per heavy atom. The van der Waals surface area contributed by atoms with E-state index in [1.54, 1.807) is 7.11 Å². The maximum Gasteiger partial charge on any atom is 0.123 e. The number of ether oxygens (including phenoxy) is 1. The third kappa shape index (κ3) is 2.25. The number of likely N-dealkylation sites (N-methyl/N-ethyl adjacent to an activating group) is 1. The van der Waals surface area contributed by atoms with Crippen LogP contribution in [0.1, 0.15) is 11.6 Å². The molecule has 0 saturated carbocycles. The second kappa shape index (κ2) is 4.98. The Balaban J connectivity index is 3.02. The van der Waals surface area contributed by atoms with Crippen molar-refractivity contribution < 1.29 is 9.84 Å². The molecule has 0 aliphatic carbocycles. The van der Waals surface area contributed by atoms with Crippen molar-refractivity contribution in [1.29, 1.82) is 0 Å². The molecule has 1 aromatic rings. The zero-order valence-electron chi connectivity index (χ0n) is 8.90. The lowest BCUT2D eigenvalue weighted by molar-refractivity contribution is 0.168. The third-order valence-electron chi connectivity index (χ3n) is 2.29. The maximum atomic E-state index is 9.27. The number of nitrogens with zero attached hydrogens (tertiary/aromatic N) is 1. The predicted molar refractivity (Wildman–Crippen MR) is 56.5 cm³/mol. The minimum absolute atomic E-state index is 0.00819. The summed E-state index contributed by atoms with van der Waals surface area (Å²) in [4.78, 5) is 1.97. The third-order valence-corrected chi connectivity index (χ3v) is 2.29. The average Bonchev–Trinajstić information content (AvgIpc) is 2.19. The smallest absolute Gasteiger partial charge is 0.123 e. The van der Waals surface area contributed by atoms with Crippen molar-refractivity contribution in [1.82, 2.24) is 4.90 Å². The first kappa shape index (κ1) is 11.0. The summed E-state index contributed by atoms with van der Waals surface area (Å²) in [5.74, 6) is 0.820. The van der Waals surface area contributed by atoms with Gasteiger partial charge in [-0.05, 0) is 20.2 Å². The number of hydrogen-bond donors (Lipinski definition) is 1. The van der Waals surface area contributed by atoms with Gasteiger partial charge in [0.05, 0.1) is 19.8 Å². The largest absolute Gasteiger partial charge is 0.496 e. The lowest BCUT2D eigenvalue weighted by atomic mass is 10.1. The van der Waals surface area contributed by atoms with Crippen molar-refractivity contribution in [2.75, 3.05) is 27.8 Å². The topological polar surface area (TPSA) is 32.7 Å². The van der Waals surface area contributed by atoms with Gasteiger partial charge in [0.1, 0.15) is 5.75 Å². The number of aliphatic hydroxyl groups excluding tert-OH is 1. The van der Waals surface area contributed by atoms with E-state index in [0.29, 0.717) is 0 Å². The Bertz CT molecular complexity index is 286. The van der Waals surface area contributed by atoms with Gasteiger partial charge in [-0.25, -0.2) is 0 Å². The van der Waals surface area contributed by atoms with Gasteiger partial charge in [-0.1, -0.05) is 18.2 Å². The molecular formula is C11H17NO2. The fraction of sp³-hybridized carbons (Fsp3) is 0.455. The molecule has 0 fully saturated rings. The minimum Gasteiger partial charge on any atom is -0.496 e. The average molecular weight is 195 g/mol.